The Hall–Kier alpha value is -0.840. The van der Waals surface area contributed by atoms with E-state index in [-0.39, 0.29) is 5.97 Å². The maximum Gasteiger partial charge on any atom is 0.356 e. The fraction of sp³-hybridized carbons (Fsp3) is 0.556. The second-order valence-electron chi connectivity index (χ2n) is 3.25. The van der Waals surface area contributed by atoms with Gasteiger partial charge < -0.3 is 4.74 Å². The highest BCUT2D eigenvalue weighted by Gasteiger charge is 2.29. The predicted octanol–water partition coefficient (Wildman–Crippen LogP) is 2.16. The molecule has 0 bridgehead atoms. The molecule has 1 saturated carbocycles. The average molecular weight is 259 g/mol. The van der Waals surface area contributed by atoms with Crippen LogP contribution in [0.5, 0.6) is 0 Å². The van der Waals surface area contributed by atoms with Gasteiger partial charge in [0, 0.05) is 6.07 Å². The molecule has 0 atom stereocenters. The van der Waals surface area contributed by atoms with Crippen LogP contribution >= 0.6 is 15.9 Å². The molecule has 0 spiro atoms. The minimum Gasteiger partial charge on any atom is -0.461 e. The van der Waals surface area contributed by atoms with Crippen molar-refractivity contribution in [1.82, 2.24) is 9.78 Å². The molecule has 1 aliphatic rings. The molecule has 1 aliphatic carbocycles. The molecule has 0 N–H and O–H groups in total. The molecular weight excluding hydrogens is 248 g/mol. The van der Waals surface area contributed by atoms with Crippen molar-refractivity contribution in [3.63, 3.8) is 0 Å². The summed E-state index contributed by atoms with van der Waals surface area (Å²) >= 11 is 3.26. The van der Waals surface area contributed by atoms with E-state index >= 15 is 0 Å². The van der Waals surface area contributed by atoms with Gasteiger partial charge in [-0.2, -0.15) is 5.10 Å². The van der Waals surface area contributed by atoms with Gasteiger partial charge in [-0.15, -0.1) is 0 Å². The average Bonchev–Trinajstić information content (AvgIpc) is 2.90. The first-order chi connectivity index (χ1) is 6.72. The second-order valence-corrected chi connectivity index (χ2v) is 4.06. The molecular formula is C9H11BrN2O2. The number of nitrogens with zero attached hydrogens (tertiary/aromatic N) is 2. The molecule has 1 aromatic heterocycles. The Morgan fingerprint density at radius 3 is 3.07 bits per heavy atom. The number of aromatic nitrogens is 2. The van der Waals surface area contributed by atoms with Gasteiger partial charge in [0.2, 0.25) is 0 Å². The molecule has 0 amide bonds. The number of carbonyl (C=O) groups is 1. The number of ether oxygens (including phenoxy) is 1. The van der Waals surface area contributed by atoms with E-state index < -0.39 is 0 Å². The van der Waals surface area contributed by atoms with E-state index in [2.05, 4.69) is 21.0 Å². The zero-order chi connectivity index (χ0) is 10.1. The summed E-state index contributed by atoms with van der Waals surface area (Å²) in [5.41, 5.74) is 0.543. The van der Waals surface area contributed by atoms with Crippen molar-refractivity contribution in [3.8, 4) is 0 Å². The van der Waals surface area contributed by atoms with Crippen molar-refractivity contribution in [2.45, 2.75) is 25.8 Å². The summed E-state index contributed by atoms with van der Waals surface area (Å²) in [7, 11) is 0. The van der Waals surface area contributed by atoms with Crippen molar-refractivity contribution in [3.05, 3.63) is 16.4 Å². The maximum atomic E-state index is 11.5. The van der Waals surface area contributed by atoms with Crippen molar-refractivity contribution in [2.24, 2.45) is 0 Å². The third-order valence-corrected chi connectivity index (χ3v) is 2.47. The Bertz CT molecular complexity index is 358. The van der Waals surface area contributed by atoms with Gasteiger partial charge in [0.05, 0.1) is 12.6 Å². The van der Waals surface area contributed by atoms with Gasteiger partial charge in [-0.1, -0.05) is 0 Å². The number of hydrogen-bond acceptors (Lipinski definition) is 3. The molecule has 0 aromatic carbocycles. The summed E-state index contributed by atoms with van der Waals surface area (Å²) in [6, 6.07) is 2.09. The smallest absolute Gasteiger partial charge is 0.356 e. The van der Waals surface area contributed by atoms with Crippen molar-refractivity contribution in [1.29, 1.82) is 0 Å². The van der Waals surface area contributed by atoms with Crippen LogP contribution in [0.4, 0.5) is 0 Å². The fourth-order valence-electron chi connectivity index (χ4n) is 1.32. The lowest BCUT2D eigenvalue weighted by Crippen LogP contribution is -2.12. The van der Waals surface area contributed by atoms with E-state index in [0.717, 1.165) is 12.8 Å². The molecule has 0 radical (unpaired) electrons. The number of rotatable bonds is 3. The lowest BCUT2D eigenvalue weighted by atomic mass is 10.4. The standard InChI is InChI=1S/C9H11BrN2O2/c1-2-14-9(13)7-5-8(10)11-12(7)6-3-4-6/h5-6H,2-4H2,1H3. The van der Waals surface area contributed by atoms with E-state index in [0.29, 0.717) is 22.9 Å². The largest absolute Gasteiger partial charge is 0.461 e. The van der Waals surface area contributed by atoms with E-state index in [4.69, 9.17) is 4.74 Å². The molecule has 1 fully saturated rings. The van der Waals surface area contributed by atoms with Gasteiger partial charge >= 0.3 is 5.97 Å². The Morgan fingerprint density at radius 2 is 2.50 bits per heavy atom. The number of carbonyl (C=O) groups excluding carboxylic acids is 1. The van der Waals surface area contributed by atoms with Crippen LogP contribution in [-0.4, -0.2) is 22.4 Å². The lowest BCUT2D eigenvalue weighted by molar-refractivity contribution is 0.0511. The quantitative estimate of drug-likeness (QED) is 0.781. The summed E-state index contributed by atoms with van der Waals surface area (Å²) in [6.07, 6.45) is 2.20. The summed E-state index contributed by atoms with van der Waals surface area (Å²) in [5.74, 6) is -0.294. The second kappa shape index (κ2) is 3.73. The summed E-state index contributed by atoms with van der Waals surface area (Å²) < 4.78 is 7.38. The Labute approximate surface area is 90.4 Å². The van der Waals surface area contributed by atoms with Crippen LogP contribution < -0.4 is 0 Å². The van der Waals surface area contributed by atoms with Crippen LogP contribution in [-0.2, 0) is 4.74 Å². The number of hydrogen-bond donors (Lipinski definition) is 0. The van der Waals surface area contributed by atoms with Crippen molar-refractivity contribution >= 4 is 21.9 Å². The molecule has 2 rings (SSSR count). The summed E-state index contributed by atoms with van der Waals surface area (Å²) in [5, 5.41) is 4.21. The van der Waals surface area contributed by atoms with Gasteiger partial charge in [0.15, 0.2) is 0 Å². The first kappa shape index (κ1) is 9.71. The third-order valence-electron chi connectivity index (χ3n) is 2.08. The van der Waals surface area contributed by atoms with Gasteiger partial charge in [-0.3, -0.25) is 4.68 Å². The molecule has 1 heterocycles. The molecule has 14 heavy (non-hydrogen) atoms. The van der Waals surface area contributed by atoms with Crippen molar-refractivity contribution < 1.29 is 9.53 Å². The Balaban J connectivity index is 2.26. The van der Waals surface area contributed by atoms with E-state index in [1.165, 1.54) is 0 Å². The fourth-order valence-corrected chi connectivity index (χ4v) is 1.71. The van der Waals surface area contributed by atoms with Crippen LogP contribution in [0.25, 0.3) is 0 Å². The third kappa shape index (κ3) is 1.82. The molecule has 1 aromatic rings. The first-order valence-electron chi connectivity index (χ1n) is 4.64. The predicted molar refractivity (Wildman–Crippen MR) is 54.2 cm³/mol. The molecule has 4 nitrogen and oxygen atoms in total. The van der Waals surface area contributed by atoms with E-state index in [1.54, 1.807) is 17.7 Å². The molecule has 0 unspecified atom stereocenters. The van der Waals surface area contributed by atoms with Crippen LogP contribution in [0.2, 0.25) is 0 Å². The van der Waals surface area contributed by atoms with Crippen LogP contribution in [0.15, 0.2) is 10.7 Å². The SMILES string of the molecule is CCOC(=O)c1cc(Br)nn1C1CC1. The van der Waals surface area contributed by atoms with E-state index in [1.807, 2.05) is 0 Å². The van der Waals surface area contributed by atoms with Crippen LogP contribution in [0.3, 0.4) is 0 Å². The van der Waals surface area contributed by atoms with Crippen molar-refractivity contribution in [2.75, 3.05) is 6.61 Å². The zero-order valence-electron chi connectivity index (χ0n) is 7.86. The van der Waals surface area contributed by atoms with E-state index in [9.17, 15) is 4.79 Å². The first-order valence-corrected chi connectivity index (χ1v) is 5.44. The summed E-state index contributed by atoms with van der Waals surface area (Å²) in [6.45, 7) is 2.19. The minimum atomic E-state index is -0.294. The van der Waals surface area contributed by atoms with Crippen LogP contribution in [0, 0.1) is 0 Å². The summed E-state index contributed by atoms with van der Waals surface area (Å²) in [4.78, 5) is 11.5. The number of esters is 1. The Kier molecular flexibility index (Phi) is 2.58. The lowest BCUT2D eigenvalue weighted by Gasteiger charge is -2.04. The highest BCUT2D eigenvalue weighted by Crippen LogP contribution is 2.36. The van der Waals surface area contributed by atoms with Gasteiger partial charge in [0.1, 0.15) is 10.3 Å². The molecule has 0 aliphatic heterocycles. The van der Waals surface area contributed by atoms with Gasteiger partial charge in [-0.25, -0.2) is 4.79 Å². The number of halogens is 1. The zero-order valence-corrected chi connectivity index (χ0v) is 9.45. The van der Waals surface area contributed by atoms with Gasteiger partial charge in [-0.05, 0) is 35.7 Å². The highest BCUT2D eigenvalue weighted by atomic mass is 79.9. The van der Waals surface area contributed by atoms with Crippen LogP contribution in [0.1, 0.15) is 36.3 Å². The monoisotopic (exact) mass is 258 g/mol. The topological polar surface area (TPSA) is 44.1 Å². The molecule has 5 heteroatoms. The normalized spacial score (nSPS) is 15.6. The highest BCUT2D eigenvalue weighted by molar-refractivity contribution is 9.10. The maximum absolute atomic E-state index is 11.5. The molecule has 76 valence electrons. The minimum absolute atomic E-state index is 0.294. The van der Waals surface area contributed by atoms with Gasteiger partial charge in [0.25, 0.3) is 0 Å². The Morgan fingerprint density at radius 1 is 1.79 bits per heavy atom. The molecule has 0 saturated heterocycles.